The number of rotatable bonds is 5. The summed E-state index contributed by atoms with van der Waals surface area (Å²) in [6, 6.07) is 4.07. The van der Waals surface area contributed by atoms with Gasteiger partial charge in [0.25, 0.3) is 0 Å². The van der Waals surface area contributed by atoms with Gasteiger partial charge in [-0.2, -0.15) is 0 Å². The number of benzene rings is 1. The highest BCUT2D eigenvalue weighted by Crippen LogP contribution is 2.38. The average Bonchev–Trinajstić information content (AvgIpc) is 2.69. The molecule has 0 amide bonds. The minimum atomic E-state index is -2.91. The third-order valence-corrected chi connectivity index (χ3v) is 5.19. The molecular formula is C14H19Cl2NO2S. The van der Waals surface area contributed by atoms with Gasteiger partial charge < -0.3 is 5.32 Å². The number of hydrogen-bond donors (Lipinski definition) is 1. The van der Waals surface area contributed by atoms with Gasteiger partial charge in [-0.3, -0.25) is 0 Å². The van der Waals surface area contributed by atoms with Crippen LogP contribution in [0.2, 0.25) is 10.0 Å². The van der Waals surface area contributed by atoms with E-state index in [1.54, 1.807) is 6.07 Å². The van der Waals surface area contributed by atoms with Gasteiger partial charge >= 0.3 is 0 Å². The number of nitrogens with one attached hydrogen (secondary N) is 1. The third-order valence-electron chi connectivity index (χ3n) is 3.66. The Bertz CT molecular complexity index is 601. The van der Waals surface area contributed by atoms with Gasteiger partial charge in [-0.1, -0.05) is 23.2 Å². The molecule has 2 atom stereocenters. The minimum Gasteiger partial charge on any atom is -0.307 e. The summed E-state index contributed by atoms with van der Waals surface area (Å²) in [6.07, 6.45) is 3.78. The van der Waals surface area contributed by atoms with Crippen molar-refractivity contribution in [3.63, 3.8) is 0 Å². The molecule has 20 heavy (non-hydrogen) atoms. The van der Waals surface area contributed by atoms with Gasteiger partial charge in [-0.25, -0.2) is 8.42 Å². The van der Waals surface area contributed by atoms with E-state index >= 15 is 0 Å². The van der Waals surface area contributed by atoms with Gasteiger partial charge in [-0.15, -0.1) is 0 Å². The van der Waals surface area contributed by atoms with E-state index < -0.39 is 9.84 Å². The van der Waals surface area contributed by atoms with E-state index in [2.05, 4.69) is 5.32 Å². The van der Waals surface area contributed by atoms with Gasteiger partial charge in [0.1, 0.15) is 9.84 Å². The number of sulfone groups is 1. The van der Waals surface area contributed by atoms with Crippen LogP contribution in [0.5, 0.6) is 0 Å². The Balaban J connectivity index is 2.04. The number of halogens is 2. The summed E-state index contributed by atoms with van der Waals surface area (Å²) in [4.78, 5) is 0. The third kappa shape index (κ3) is 4.10. The fourth-order valence-electron chi connectivity index (χ4n) is 2.63. The van der Waals surface area contributed by atoms with Crippen LogP contribution in [0.3, 0.4) is 0 Å². The molecule has 0 spiro atoms. The summed E-state index contributed by atoms with van der Waals surface area (Å²) in [7, 11) is -2.91. The normalized spacial score (nSPS) is 19.9. The number of fused-ring (bicyclic) bond motifs is 1. The molecule has 0 fully saturated rings. The van der Waals surface area contributed by atoms with Crippen molar-refractivity contribution in [2.45, 2.75) is 38.3 Å². The molecule has 6 heteroatoms. The quantitative estimate of drug-likeness (QED) is 0.896. The SMILES string of the molecule is CC(CCS(C)(=O)=O)NC1CCc2c(Cl)cc(Cl)cc21. The van der Waals surface area contributed by atoms with Gasteiger partial charge in [0.2, 0.25) is 0 Å². The highest BCUT2D eigenvalue weighted by Gasteiger charge is 2.26. The molecule has 3 nitrogen and oxygen atoms in total. The zero-order valence-corrected chi connectivity index (χ0v) is 13.9. The second-order valence-electron chi connectivity index (χ2n) is 5.53. The van der Waals surface area contributed by atoms with Crippen LogP contribution in [0.15, 0.2) is 12.1 Å². The van der Waals surface area contributed by atoms with Crippen molar-refractivity contribution >= 4 is 33.0 Å². The van der Waals surface area contributed by atoms with Crippen LogP contribution in [-0.4, -0.2) is 26.5 Å². The predicted molar refractivity (Wildman–Crippen MR) is 84.4 cm³/mol. The largest absolute Gasteiger partial charge is 0.307 e. The minimum absolute atomic E-state index is 0.137. The Morgan fingerprint density at radius 2 is 2.10 bits per heavy atom. The van der Waals surface area contributed by atoms with Crippen LogP contribution in [0.4, 0.5) is 0 Å². The molecule has 0 bridgehead atoms. The second kappa shape index (κ2) is 6.22. The summed E-state index contributed by atoms with van der Waals surface area (Å²) in [5, 5.41) is 4.85. The smallest absolute Gasteiger partial charge is 0.147 e. The summed E-state index contributed by atoms with van der Waals surface area (Å²) < 4.78 is 22.4. The molecule has 0 radical (unpaired) electrons. The molecule has 1 aromatic rings. The molecule has 0 aromatic heterocycles. The van der Waals surface area contributed by atoms with Crippen LogP contribution in [-0.2, 0) is 16.3 Å². The molecule has 1 N–H and O–H groups in total. The highest BCUT2D eigenvalue weighted by molar-refractivity contribution is 7.90. The lowest BCUT2D eigenvalue weighted by Gasteiger charge is -2.20. The first kappa shape index (κ1) is 16.1. The van der Waals surface area contributed by atoms with Crippen LogP contribution in [0.25, 0.3) is 0 Å². The van der Waals surface area contributed by atoms with Crippen molar-refractivity contribution in [3.8, 4) is 0 Å². The van der Waals surface area contributed by atoms with E-state index in [4.69, 9.17) is 23.2 Å². The van der Waals surface area contributed by atoms with E-state index in [1.165, 1.54) is 6.26 Å². The Hall–Kier alpha value is -0.290. The van der Waals surface area contributed by atoms with Crippen molar-refractivity contribution < 1.29 is 8.42 Å². The fourth-order valence-corrected chi connectivity index (χ4v) is 4.02. The van der Waals surface area contributed by atoms with Gasteiger partial charge in [0, 0.05) is 28.4 Å². The Kier molecular flexibility index (Phi) is 5.00. The zero-order valence-electron chi connectivity index (χ0n) is 11.6. The van der Waals surface area contributed by atoms with Gasteiger partial charge in [0.15, 0.2) is 0 Å². The first-order valence-corrected chi connectivity index (χ1v) is 9.49. The van der Waals surface area contributed by atoms with E-state index in [0.717, 1.165) is 29.0 Å². The Morgan fingerprint density at radius 3 is 2.75 bits per heavy atom. The lowest BCUT2D eigenvalue weighted by molar-refractivity contribution is 0.444. The molecule has 1 aliphatic carbocycles. The fraction of sp³-hybridized carbons (Fsp3) is 0.571. The summed E-state index contributed by atoms with van der Waals surface area (Å²) in [5.41, 5.74) is 2.30. The van der Waals surface area contributed by atoms with E-state index in [-0.39, 0.29) is 17.8 Å². The first-order chi connectivity index (χ1) is 9.26. The second-order valence-corrected chi connectivity index (χ2v) is 8.64. The molecule has 112 valence electrons. The predicted octanol–water partition coefficient (Wildman–Crippen LogP) is 3.39. The molecule has 0 saturated heterocycles. The molecule has 2 rings (SSSR count). The maximum Gasteiger partial charge on any atom is 0.147 e. The zero-order chi connectivity index (χ0) is 14.9. The number of hydrogen-bond acceptors (Lipinski definition) is 3. The van der Waals surface area contributed by atoms with Crippen LogP contribution in [0.1, 0.15) is 36.9 Å². The maximum atomic E-state index is 11.2. The Morgan fingerprint density at radius 1 is 1.40 bits per heavy atom. The summed E-state index contributed by atoms with van der Waals surface area (Å²) >= 11 is 12.3. The molecular weight excluding hydrogens is 317 g/mol. The Labute approximate surface area is 130 Å². The maximum absolute atomic E-state index is 11.2. The van der Waals surface area contributed by atoms with Crippen molar-refractivity contribution in [1.82, 2.24) is 5.32 Å². The van der Waals surface area contributed by atoms with E-state index in [0.29, 0.717) is 11.4 Å². The van der Waals surface area contributed by atoms with Crippen molar-refractivity contribution in [3.05, 3.63) is 33.3 Å². The first-order valence-electron chi connectivity index (χ1n) is 6.68. The monoisotopic (exact) mass is 335 g/mol. The van der Waals surface area contributed by atoms with Crippen LogP contribution >= 0.6 is 23.2 Å². The molecule has 0 aliphatic heterocycles. The van der Waals surface area contributed by atoms with E-state index in [9.17, 15) is 8.42 Å². The molecule has 0 saturated carbocycles. The van der Waals surface area contributed by atoms with Gasteiger partial charge in [-0.05, 0) is 49.4 Å². The molecule has 1 aromatic carbocycles. The summed E-state index contributed by atoms with van der Waals surface area (Å²) in [6.45, 7) is 2.01. The van der Waals surface area contributed by atoms with Crippen LogP contribution < -0.4 is 5.32 Å². The van der Waals surface area contributed by atoms with Crippen LogP contribution in [0, 0.1) is 0 Å². The van der Waals surface area contributed by atoms with Crippen molar-refractivity contribution in [2.24, 2.45) is 0 Å². The molecule has 2 unspecified atom stereocenters. The molecule has 0 heterocycles. The average molecular weight is 336 g/mol. The topological polar surface area (TPSA) is 46.2 Å². The van der Waals surface area contributed by atoms with Crippen molar-refractivity contribution in [1.29, 1.82) is 0 Å². The summed E-state index contributed by atoms with van der Waals surface area (Å²) in [5.74, 6) is 0.205. The van der Waals surface area contributed by atoms with E-state index in [1.807, 2.05) is 13.0 Å². The lowest BCUT2D eigenvalue weighted by atomic mass is 10.1. The van der Waals surface area contributed by atoms with Crippen molar-refractivity contribution in [2.75, 3.05) is 12.0 Å². The highest BCUT2D eigenvalue weighted by atomic mass is 35.5. The lowest BCUT2D eigenvalue weighted by Crippen LogP contribution is -2.31. The molecule has 1 aliphatic rings. The standard InChI is InChI=1S/C14H19Cl2NO2S/c1-9(5-6-20(2,18)19)17-14-4-3-11-12(14)7-10(15)8-13(11)16/h7-9,14,17H,3-6H2,1-2H3. The van der Waals surface area contributed by atoms with Gasteiger partial charge in [0.05, 0.1) is 5.75 Å².